The maximum atomic E-state index is 13.1. The average molecular weight is 373 g/mol. The van der Waals surface area contributed by atoms with Crippen LogP contribution in [0.25, 0.3) is 17.5 Å². The Balaban J connectivity index is 1.59. The number of hydrogen-bond donors (Lipinski definition) is 0. The monoisotopic (exact) mass is 372 g/mol. The van der Waals surface area contributed by atoms with Crippen molar-refractivity contribution in [3.8, 4) is 11.4 Å². The van der Waals surface area contributed by atoms with Gasteiger partial charge < -0.3 is 9.26 Å². The second-order valence-electron chi connectivity index (χ2n) is 5.44. The largest absolute Gasteiger partial charge is 0.452 e. The topological polar surface area (TPSA) is 65.2 Å². The van der Waals surface area contributed by atoms with Crippen LogP contribution < -0.4 is 0 Å². The highest BCUT2D eigenvalue weighted by molar-refractivity contribution is 6.30. The summed E-state index contributed by atoms with van der Waals surface area (Å²) in [5, 5.41) is 3.87. The lowest BCUT2D eigenvalue weighted by molar-refractivity contribution is -0.139. The molecular formula is C19H14ClFN2O3. The lowest BCUT2D eigenvalue weighted by Crippen LogP contribution is -2.01. The Bertz CT molecular complexity index is 969. The van der Waals surface area contributed by atoms with Crippen LogP contribution in [0.15, 0.2) is 53.1 Å². The van der Waals surface area contributed by atoms with E-state index in [4.69, 9.17) is 20.9 Å². The molecular weight excluding hydrogens is 359 g/mol. The number of carbonyl (C=O) groups excluding carboxylic acids is 1. The van der Waals surface area contributed by atoms with Crippen LogP contribution in [0.3, 0.4) is 0 Å². The SMILES string of the molecule is Cc1ccccc1-c1noc(COC(=O)/C=C/c2ccc(F)c(Cl)c2)n1. The molecule has 0 N–H and O–H groups in total. The van der Waals surface area contributed by atoms with Crippen molar-refractivity contribution in [2.45, 2.75) is 13.5 Å². The van der Waals surface area contributed by atoms with Crippen LogP contribution in [0.4, 0.5) is 4.39 Å². The van der Waals surface area contributed by atoms with Crippen molar-refractivity contribution in [2.24, 2.45) is 0 Å². The van der Waals surface area contributed by atoms with Crippen molar-refractivity contribution < 1.29 is 18.4 Å². The molecule has 26 heavy (non-hydrogen) atoms. The first-order valence-corrected chi connectivity index (χ1v) is 8.09. The molecule has 1 aromatic heterocycles. The quantitative estimate of drug-likeness (QED) is 0.484. The molecule has 0 spiro atoms. The Morgan fingerprint density at radius 3 is 2.88 bits per heavy atom. The first-order valence-electron chi connectivity index (χ1n) is 7.71. The van der Waals surface area contributed by atoms with Crippen LogP contribution in [0.1, 0.15) is 17.0 Å². The predicted molar refractivity (Wildman–Crippen MR) is 94.7 cm³/mol. The normalized spacial score (nSPS) is 11.0. The molecule has 3 rings (SSSR count). The summed E-state index contributed by atoms with van der Waals surface area (Å²) in [4.78, 5) is 16.0. The lowest BCUT2D eigenvalue weighted by Gasteiger charge is -1.99. The third kappa shape index (κ3) is 4.34. The summed E-state index contributed by atoms with van der Waals surface area (Å²) in [5.74, 6) is -0.492. The first-order chi connectivity index (χ1) is 12.5. The number of aromatic nitrogens is 2. The molecule has 0 aliphatic heterocycles. The standard InChI is InChI=1S/C19H14ClFN2O3/c1-12-4-2-3-5-14(12)19-22-17(26-23-19)11-25-18(24)9-7-13-6-8-16(21)15(20)10-13/h2-10H,11H2,1H3/b9-7+. The molecule has 2 aromatic carbocycles. The summed E-state index contributed by atoms with van der Waals surface area (Å²) in [5.41, 5.74) is 2.44. The number of aryl methyl sites for hydroxylation is 1. The molecule has 0 unspecified atom stereocenters. The third-order valence-corrected chi connectivity index (χ3v) is 3.84. The number of benzene rings is 2. The summed E-state index contributed by atoms with van der Waals surface area (Å²) in [6.07, 6.45) is 2.68. The summed E-state index contributed by atoms with van der Waals surface area (Å²) >= 11 is 5.68. The smallest absolute Gasteiger partial charge is 0.331 e. The van der Waals surface area contributed by atoms with Gasteiger partial charge in [0, 0.05) is 11.6 Å². The van der Waals surface area contributed by atoms with E-state index in [1.807, 2.05) is 31.2 Å². The van der Waals surface area contributed by atoms with Crippen molar-refractivity contribution in [1.82, 2.24) is 10.1 Å². The van der Waals surface area contributed by atoms with Gasteiger partial charge in [-0.1, -0.05) is 47.1 Å². The zero-order valence-corrected chi connectivity index (χ0v) is 14.5. The first kappa shape index (κ1) is 17.8. The Morgan fingerprint density at radius 1 is 1.31 bits per heavy atom. The number of carbonyl (C=O) groups is 1. The molecule has 0 amide bonds. The van der Waals surface area contributed by atoms with Crippen molar-refractivity contribution in [3.63, 3.8) is 0 Å². The minimum atomic E-state index is -0.596. The molecule has 132 valence electrons. The van der Waals surface area contributed by atoms with E-state index < -0.39 is 11.8 Å². The highest BCUT2D eigenvalue weighted by Gasteiger charge is 2.11. The molecule has 0 radical (unpaired) electrons. The van der Waals surface area contributed by atoms with E-state index in [0.717, 1.165) is 11.1 Å². The zero-order valence-electron chi connectivity index (χ0n) is 13.8. The van der Waals surface area contributed by atoms with Gasteiger partial charge in [-0.2, -0.15) is 4.98 Å². The Hall–Kier alpha value is -2.99. The minimum Gasteiger partial charge on any atom is -0.452 e. The zero-order chi connectivity index (χ0) is 18.5. The van der Waals surface area contributed by atoms with Gasteiger partial charge in [-0.15, -0.1) is 0 Å². The van der Waals surface area contributed by atoms with Gasteiger partial charge >= 0.3 is 5.97 Å². The van der Waals surface area contributed by atoms with Crippen molar-refractivity contribution in [1.29, 1.82) is 0 Å². The summed E-state index contributed by atoms with van der Waals surface area (Å²) in [7, 11) is 0. The van der Waals surface area contributed by atoms with Gasteiger partial charge in [0.2, 0.25) is 5.82 Å². The molecule has 0 saturated carbocycles. The van der Waals surface area contributed by atoms with E-state index in [2.05, 4.69) is 10.1 Å². The third-order valence-electron chi connectivity index (χ3n) is 3.55. The number of hydrogen-bond acceptors (Lipinski definition) is 5. The molecule has 0 atom stereocenters. The van der Waals surface area contributed by atoms with E-state index in [9.17, 15) is 9.18 Å². The second kappa shape index (κ2) is 7.93. The highest BCUT2D eigenvalue weighted by Crippen LogP contribution is 2.20. The average Bonchev–Trinajstić information content (AvgIpc) is 3.10. The van der Waals surface area contributed by atoms with Crippen LogP contribution in [0.2, 0.25) is 5.02 Å². The number of esters is 1. The van der Waals surface area contributed by atoms with Gasteiger partial charge in [0.1, 0.15) is 5.82 Å². The van der Waals surface area contributed by atoms with Gasteiger partial charge in [-0.3, -0.25) is 0 Å². The maximum absolute atomic E-state index is 13.1. The van der Waals surface area contributed by atoms with Gasteiger partial charge in [0.25, 0.3) is 5.89 Å². The van der Waals surface area contributed by atoms with Crippen LogP contribution in [-0.4, -0.2) is 16.1 Å². The van der Waals surface area contributed by atoms with Crippen LogP contribution >= 0.6 is 11.6 Å². The molecule has 7 heteroatoms. The molecule has 0 aliphatic carbocycles. The number of nitrogens with zero attached hydrogens (tertiary/aromatic N) is 2. The molecule has 0 bridgehead atoms. The van der Waals surface area contributed by atoms with Gasteiger partial charge in [0.05, 0.1) is 5.02 Å². The van der Waals surface area contributed by atoms with E-state index in [0.29, 0.717) is 11.4 Å². The second-order valence-corrected chi connectivity index (χ2v) is 5.85. The fraction of sp³-hybridized carbons (Fsp3) is 0.105. The number of ether oxygens (including phenoxy) is 1. The molecule has 0 fully saturated rings. The minimum absolute atomic E-state index is 0.0184. The molecule has 3 aromatic rings. The van der Waals surface area contributed by atoms with Gasteiger partial charge in [-0.05, 0) is 36.3 Å². The van der Waals surface area contributed by atoms with Crippen LogP contribution in [-0.2, 0) is 16.1 Å². The number of rotatable bonds is 5. The summed E-state index contributed by atoms with van der Waals surface area (Å²) < 4.78 is 23.2. The van der Waals surface area contributed by atoms with E-state index in [-0.39, 0.29) is 17.5 Å². The van der Waals surface area contributed by atoms with Crippen LogP contribution in [0.5, 0.6) is 0 Å². The fourth-order valence-electron chi connectivity index (χ4n) is 2.21. The fourth-order valence-corrected chi connectivity index (χ4v) is 2.40. The van der Waals surface area contributed by atoms with E-state index in [1.54, 1.807) is 0 Å². The molecule has 0 aliphatic rings. The van der Waals surface area contributed by atoms with Gasteiger partial charge in [0.15, 0.2) is 6.61 Å². The van der Waals surface area contributed by atoms with Crippen molar-refractivity contribution >= 4 is 23.6 Å². The van der Waals surface area contributed by atoms with Crippen molar-refractivity contribution in [2.75, 3.05) is 0 Å². The Morgan fingerprint density at radius 2 is 2.12 bits per heavy atom. The van der Waals surface area contributed by atoms with Gasteiger partial charge in [-0.25, -0.2) is 9.18 Å². The molecule has 0 saturated heterocycles. The van der Waals surface area contributed by atoms with E-state index >= 15 is 0 Å². The summed E-state index contributed by atoms with van der Waals surface area (Å²) in [6, 6.07) is 11.8. The summed E-state index contributed by atoms with van der Waals surface area (Å²) in [6.45, 7) is 1.80. The lowest BCUT2D eigenvalue weighted by atomic mass is 10.1. The highest BCUT2D eigenvalue weighted by atomic mass is 35.5. The number of halogens is 2. The molecule has 1 heterocycles. The molecule has 5 nitrogen and oxygen atoms in total. The maximum Gasteiger partial charge on any atom is 0.331 e. The van der Waals surface area contributed by atoms with E-state index in [1.165, 1.54) is 30.4 Å². The Labute approximate surface area is 154 Å². The van der Waals surface area contributed by atoms with Crippen molar-refractivity contribution in [3.05, 3.63) is 76.4 Å². The Kier molecular flexibility index (Phi) is 5.43. The predicted octanol–water partition coefficient (Wildman–Crippen LogP) is 4.59. The van der Waals surface area contributed by atoms with Crippen LogP contribution in [0, 0.1) is 12.7 Å².